The summed E-state index contributed by atoms with van der Waals surface area (Å²) in [4.78, 5) is 11.6. The van der Waals surface area contributed by atoms with Crippen LogP contribution in [0.25, 0.3) is 0 Å². The van der Waals surface area contributed by atoms with Gasteiger partial charge < -0.3 is 10.6 Å². The number of hydrogen-bond donors (Lipinski definition) is 2. The quantitative estimate of drug-likeness (QED) is 0.836. The highest BCUT2D eigenvalue weighted by atomic mass is 35.5. The van der Waals surface area contributed by atoms with E-state index in [0.29, 0.717) is 26.8 Å². The van der Waals surface area contributed by atoms with E-state index in [0.717, 1.165) is 12.8 Å². The molecule has 0 heterocycles. The van der Waals surface area contributed by atoms with Gasteiger partial charge in [-0.15, -0.1) is 0 Å². The fourth-order valence-electron chi connectivity index (χ4n) is 1.34. The first-order valence-corrected chi connectivity index (χ1v) is 6.37. The third kappa shape index (κ3) is 3.75. The molecule has 2 N–H and O–H groups in total. The number of halogens is 3. The Kier molecular flexibility index (Phi) is 4.15. The molecule has 92 valence electrons. The molecule has 1 aromatic carbocycles. The molecular weight excluding hydrogens is 282 g/mol. The lowest BCUT2D eigenvalue weighted by molar-refractivity contribution is -0.115. The summed E-state index contributed by atoms with van der Waals surface area (Å²) in [6, 6.07) is 3.54. The van der Waals surface area contributed by atoms with E-state index in [2.05, 4.69) is 10.6 Å². The Balaban J connectivity index is 1.96. The Hall–Kier alpha value is -0.480. The molecule has 0 unspecified atom stereocenters. The van der Waals surface area contributed by atoms with Crippen LogP contribution in [-0.4, -0.2) is 18.5 Å². The number of carbonyl (C=O) groups excluding carboxylic acids is 1. The summed E-state index contributed by atoms with van der Waals surface area (Å²) in [5.74, 6) is -0.141. The molecule has 0 aliphatic heterocycles. The van der Waals surface area contributed by atoms with Gasteiger partial charge in [0, 0.05) is 6.04 Å². The second-order valence-electron chi connectivity index (χ2n) is 3.95. The maximum absolute atomic E-state index is 11.6. The number of hydrogen-bond acceptors (Lipinski definition) is 2. The van der Waals surface area contributed by atoms with Crippen molar-refractivity contribution in [2.45, 2.75) is 18.9 Å². The van der Waals surface area contributed by atoms with Crippen molar-refractivity contribution < 1.29 is 4.79 Å². The van der Waals surface area contributed by atoms with Gasteiger partial charge in [0.2, 0.25) is 5.91 Å². The van der Waals surface area contributed by atoms with Crippen LogP contribution < -0.4 is 10.6 Å². The van der Waals surface area contributed by atoms with Gasteiger partial charge in [0.15, 0.2) is 0 Å². The number of carbonyl (C=O) groups is 1. The zero-order chi connectivity index (χ0) is 12.4. The van der Waals surface area contributed by atoms with E-state index in [4.69, 9.17) is 34.8 Å². The molecule has 6 heteroatoms. The number of anilines is 1. The van der Waals surface area contributed by atoms with Crippen molar-refractivity contribution in [3.8, 4) is 0 Å². The number of amides is 1. The third-order valence-corrected chi connectivity index (χ3v) is 3.45. The molecule has 0 saturated heterocycles. The summed E-state index contributed by atoms with van der Waals surface area (Å²) in [6.07, 6.45) is 2.28. The fourth-order valence-corrected chi connectivity index (χ4v) is 1.93. The lowest BCUT2D eigenvalue weighted by Crippen LogP contribution is -2.29. The van der Waals surface area contributed by atoms with Gasteiger partial charge in [-0.05, 0) is 25.0 Å². The van der Waals surface area contributed by atoms with Gasteiger partial charge >= 0.3 is 0 Å². The summed E-state index contributed by atoms with van der Waals surface area (Å²) in [5, 5.41) is 6.90. The minimum absolute atomic E-state index is 0.141. The van der Waals surface area contributed by atoms with Crippen LogP contribution in [0.5, 0.6) is 0 Å². The summed E-state index contributed by atoms with van der Waals surface area (Å²) >= 11 is 17.6. The van der Waals surface area contributed by atoms with E-state index in [-0.39, 0.29) is 12.5 Å². The van der Waals surface area contributed by atoms with Gasteiger partial charge in [0.1, 0.15) is 0 Å². The van der Waals surface area contributed by atoms with E-state index in [1.54, 1.807) is 6.07 Å². The normalized spacial score (nSPS) is 14.8. The van der Waals surface area contributed by atoms with E-state index in [1.807, 2.05) is 0 Å². The monoisotopic (exact) mass is 292 g/mol. The van der Waals surface area contributed by atoms with Crippen molar-refractivity contribution in [3.05, 3.63) is 27.2 Å². The Labute approximate surface area is 114 Å². The van der Waals surface area contributed by atoms with Crippen LogP contribution in [0.2, 0.25) is 15.1 Å². The van der Waals surface area contributed by atoms with Crippen LogP contribution in [0.4, 0.5) is 5.69 Å². The van der Waals surface area contributed by atoms with E-state index in [1.165, 1.54) is 6.07 Å². The van der Waals surface area contributed by atoms with Gasteiger partial charge in [-0.1, -0.05) is 34.8 Å². The van der Waals surface area contributed by atoms with Gasteiger partial charge in [0.05, 0.1) is 27.3 Å². The maximum Gasteiger partial charge on any atom is 0.238 e. The van der Waals surface area contributed by atoms with Crippen molar-refractivity contribution in [2.24, 2.45) is 0 Å². The first-order chi connectivity index (χ1) is 8.06. The van der Waals surface area contributed by atoms with E-state index < -0.39 is 0 Å². The highest BCUT2D eigenvalue weighted by Crippen LogP contribution is 2.32. The molecule has 1 aromatic rings. The fraction of sp³-hybridized carbons (Fsp3) is 0.364. The van der Waals surface area contributed by atoms with Gasteiger partial charge in [-0.25, -0.2) is 0 Å². The second-order valence-corrected chi connectivity index (χ2v) is 5.17. The predicted octanol–water partition coefficient (Wildman–Crippen LogP) is 3.34. The molecule has 1 aliphatic carbocycles. The molecule has 1 amide bonds. The molecule has 0 radical (unpaired) electrons. The molecule has 1 saturated carbocycles. The average Bonchev–Trinajstić information content (AvgIpc) is 3.07. The minimum Gasteiger partial charge on any atom is -0.324 e. The molecule has 2 rings (SSSR count). The van der Waals surface area contributed by atoms with E-state index in [9.17, 15) is 4.79 Å². The van der Waals surface area contributed by atoms with Crippen molar-refractivity contribution >= 4 is 46.4 Å². The summed E-state index contributed by atoms with van der Waals surface area (Å²) in [6.45, 7) is 0.279. The molecular formula is C11H11Cl3N2O. The van der Waals surface area contributed by atoms with Crippen molar-refractivity contribution in [3.63, 3.8) is 0 Å². The Morgan fingerprint density at radius 1 is 1.18 bits per heavy atom. The zero-order valence-electron chi connectivity index (χ0n) is 8.90. The molecule has 17 heavy (non-hydrogen) atoms. The SMILES string of the molecule is O=C(CNC1CC1)Nc1cc(Cl)c(Cl)cc1Cl. The molecule has 0 atom stereocenters. The van der Waals surface area contributed by atoms with Crippen LogP contribution in [0.3, 0.4) is 0 Å². The summed E-state index contributed by atoms with van der Waals surface area (Å²) in [5.41, 5.74) is 0.476. The van der Waals surface area contributed by atoms with Crippen LogP contribution in [-0.2, 0) is 4.79 Å². The third-order valence-electron chi connectivity index (χ3n) is 2.41. The minimum atomic E-state index is -0.141. The first kappa shape index (κ1) is 13.0. The highest BCUT2D eigenvalue weighted by Gasteiger charge is 2.21. The smallest absolute Gasteiger partial charge is 0.238 e. The van der Waals surface area contributed by atoms with Crippen LogP contribution in [0, 0.1) is 0 Å². The number of benzene rings is 1. The number of nitrogens with one attached hydrogen (secondary N) is 2. The molecule has 1 fully saturated rings. The largest absolute Gasteiger partial charge is 0.324 e. The summed E-state index contributed by atoms with van der Waals surface area (Å²) < 4.78 is 0. The molecule has 1 aliphatic rings. The standard InChI is InChI=1S/C11H11Cl3N2O/c12-7-3-9(14)10(4-8(7)13)16-11(17)5-15-6-1-2-6/h3-4,6,15H,1-2,5H2,(H,16,17). The van der Waals surface area contributed by atoms with Crippen LogP contribution >= 0.6 is 34.8 Å². The first-order valence-electron chi connectivity index (χ1n) is 5.24. The van der Waals surface area contributed by atoms with Crippen LogP contribution in [0.15, 0.2) is 12.1 Å². The summed E-state index contributed by atoms with van der Waals surface area (Å²) in [7, 11) is 0. The topological polar surface area (TPSA) is 41.1 Å². The number of rotatable bonds is 4. The van der Waals surface area contributed by atoms with Crippen LogP contribution in [0.1, 0.15) is 12.8 Å². The highest BCUT2D eigenvalue weighted by molar-refractivity contribution is 6.44. The van der Waals surface area contributed by atoms with Crippen molar-refractivity contribution in [1.29, 1.82) is 0 Å². The lowest BCUT2D eigenvalue weighted by atomic mass is 10.3. The lowest BCUT2D eigenvalue weighted by Gasteiger charge is -2.09. The predicted molar refractivity (Wildman–Crippen MR) is 71.1 cm³/mol. The van der Waals surface area contributed by atoms with Gasteiger partial charge in [-0.3, -0.25) is 4.79 Å². The Morgan fingerprint density at radius 3 is 2.47 bits per heavy atom. The Morgan fingerprint density at radius 2 is 1.82 bits per heavy atom. The van der Waals surface area contributed by atoms with Crippen molar-refractivity contribution in [2.75, 3.05) is 11.9 Å². The molecule has 0 spiro atoms. The molecule has 3 nitrogen and oxygen atoms in total. The Bertz CT molecular complexity index is 447. The second kappa shape index (κ2) is 5.44. The van der Waals surface area contributed by atoms with Gasteiger partial charge in [-0.2, -0.15) is 0 Å². The molecule has 0 bridgehead atoms. The average molecular weight is 294 g/mol. The molecule has 0 aromatic heterocycles. The van der Waals surface area contributed by atoms with Gasteiger partial charge in [0.25, 0.3) is 0 Å². The maximum atomic E-state index is 11.6. The zero-order valence-corrected chi connectivity index (χ0v) is 11.2. The van der Waals surface area contributed by atoms with E-state index >= 15 is 0 Å². The van der Waals surface area contributed by atoms with Crippen molar-refractivity contribution in [1.82, 2.24) is 5.32 Å².